The topological polar surface area (TPSA) is 161 Å². The van der Waals surface area contributed by atoms with Crippen LogP contribution in [0.2, 0.25) is 0 Å². The van der Waals surface area contributed by atoms with Gasteiger partial charge >= 0.3 is 0 Å². The summed E-state index contributed by atoms with van der Waals surface area (Å²) < 4.78 is 0. The number of aliphatic hydroxyl groups is 3. The zero-order valence-electron chi connectivity index (χ0n) is 21.8. The zero-order chi connectivity index (χ0) is 28.4. The summed E-state index contributed by atoms with van der Waals surface area (Å²) in [5, 5.41) is 44.6. The third kappa shape index (κ3) is 3.88. The first-order chi connectivity index (χ1) is 18.4. The van der Waals surface area contributed by atoms with E-state index in [1.165, 1.54) is 11.0 Å². The van der Waals surface area contributed by atoms with Gasteiger partial charge in [-0.05, 0) is 62.5 Å². The van der Waals surface area contributed by atoms with Crippen molar-refractivity contribution < 1.29 is 34.8 Å². The number of ketones is 2. The number of aromatic hydroxyl groups is 1. The second-order valence-corrected chi connectivity index (χ2v) is 10.7. The van der Waals surface area contributed by atoms with Gasteiger partial charge in [0.2, 0.25) is 5.78 Å². The highest BCUT2D eigenvalue weighted by Gasteiger charge is 2.64. The second-order valence-electron chi connectivity index (χ2n) is 10.7. The van der Waals surface area contributed by atoms with Gasteiger partial charge in [0.25, 0.3) is 5.91 Å². The molecule has 9 heteroatoms. The predicted molar refractivity (Wildman–Crippen MR) is 144 cm³/mol. The molecule has 0 bridgehead atoms. The van der Waals surface area contributed by atoms with E-state index in [1.54, 1.807) is 20.2 Å². The van der Waals surface area contributed by atoms with Crippen molar-refractivity contribution in [1.29, 1.82) is 0 Å². The van der Waals surface area contributed by atoms with Gasteiger partial charge in [-0.3, -0.25) is 19.3 Å². The zero-order valence-corrected chi connectivity index (χ0v) is 21.8. The van der Waals surface area contributed by atoms with Gasteiger partial charge in [0, 0.05) is 11.5 Å². The molecule has 2 aromatic rings. The molecule has 3 aliphatic rings. The van der Waals surface area contributed by atoms with Gasteiger partial charge in [0.1, 0.15) is 22.8 Å². The summed E-state index contributed by atoms with van der Waals surface area (Å²) >= 11 is 0. The van der Waals surface area contributed by atoms with Crippen LogP contribution in [0.4, 0.5) is 0 Å². The van der Waals surface area contributed by atoms with Crippen LogP contribution in [0, 0.1) is 18.8 Å². The van der Waals surface area contributed by atoms with E-state index in [0.717, 1.165) is 16.7 Å². The van der Waals surface area contributed by atoms with E-state index >= 15 is 0 Å². The van der Waals surface area contributed by atoms with Crippen molar-refractivity contribution >= 4 is 35.4 Å². The first-order valence-electron chi connectivity index (χ1n) is 12.6. The SMILES string of the molecule is Cc1cccc(/C=C/c2ccc(O)c3c2C[C@H]2C[C@H]4[C@H](N(C)C)C(=O)C(C(N)=O)=C(O)[C@@]4(O)C(=O)C2=C3O)c1. The number of likely N-dealkylation sites (N-methyl/N-ethyl adjacent to an activating group) is 1. The van der Waals surface area contributed by atoms with Crippen molar-refractivity contribution in [2.75, 3.05) is 14.1 Å². The Hall–Kier alpha value is -4.21. The Morgan fingerprint density at radius 1 is 1.10 bits per heavy atom. The van der Waals surface area contributed by atoms with Crippen molar-refractivity contribution in [3.8, 4) is 5.75 Å². The fourth-order valence-corrected chi connectivity index (χ4v) is 6.38. The van der Waals surface area contributed by atoms with Crippen molar-refractivity contribution in [1.82, 2.24) is 4.90 Å². The van der Waals surface area contributed by atoms with Crippen LogP contribution < -0.4 is 5.73 Å². The fourth-order valence-electron chi connectivity index (χ4n) is 6.38. The Morgan fingerprint density at radius 3 is 2.46 bits per heavy atom. The Kier molecular flexibility index (Phi) is 6.24. The Labute approximate surface area is 225 Å². The second kappa shape index (κ2) is 9.21. The smallest absolute Gasteiger partial charge is 0.255 e. The maximum Gasteiger partial charge on any atom is 0.255 e. The first-order valence-corrected chi connectivity index (χ1v) is 12.6. The van der Waals surface area contributed by atoms with Crippen LogP contribution in [0.3, 0.4) is 0 Å². The van der Waals surface area contributed by atoms with Crippen LogP contribution in [0.25, 0.3) is 17.9 Å². The van der Waals surface area contributed by atoms with Crippen LogP contribution in [-0.4, -0.2) is 68.5 Å². The number of Topliss-reactive ketones (excluding diaryl/α,β-unsaturated/α-hetero) is 2. The number of carbonyl (C=O) groups excluding carboxylic acids is 3. The van der Waals surface area contributed by atoms with E-state index in [2.05, 4.69) is 0 Å². The van der Waals surface area contributed by atoms with Gasteiger partial charge in [-0.25, -0.2) is 0 Å². The first kappa shape index (κ1) is 26.4. The fraction of sp³-hybridized carbons (Fsp3) is 0.300. The number of phenolic OH excluding ortho intramolecular Hbond substituents is 1. The monoisotopic (exact) mass is 530 g/mol. The number of nitrogens with zero attached hydrogens (tertiary/aromatic N) is 1. The molecule has 0 radical (unpaired) electrons. The molecule has 1 amide bonds. The molecule has 39 heavy (non-hydrogen) atoms. The lowest BCUT2D eigenvalue weighted by molar-refractivity contribution is -0.153. The molecule has 9 nitrogen and oxygen atoms in total. The highest BCUT2D eigenvalue weighted by atomic mass is 16.3. The van der Waals surface area contributed by atoms with Crippen molar-refractivity contribution in [3.63, 3.8) is 0 Å². The number of aliphatic hydroxyl groups excluding tert-OH is 2. The van der Waals surface area contributed by atoms with Crippen molar-refractivity contribution in [2.24, 2.45) is 17.6 Å². The number of phenols is 1. The molecule has 4 atom stereocenters. The standard InChI is InChI=1S/C30H30N2O7/c1-14-5-4-6-15(11-14)7-8-16-9-10-20(33)22-18(16)12-17-13-19-24(32(2)3)26(35)23(29(31)38)28(37)30(19,39)27(36)21(17)25(22)34/h4-11,17,19,24,33-34,37,39H,12-13H2,1-3H3,(H2,31,38)/b8-7+/t17-,19-,24-,30-/m0/s1. The molecule has 2 aromatic carbocycles. The van der Waals surface area contributed by atoms with Crippen LogP contribution in [0.5, 0.6) is 5.75 Å². The third-order valence-corrected chi connectivity index (χ3v) is 8.14. The largest absolute Gasteiger partial charge is 0.508 e. The van der Waals surface area contributed by atoms with E-state index < -0.39 is 58.0 Å². The Balaban J connectivity index is 1.67. The molecule has 0 spiro atoms. The minimum absolute atomic E-state index is 0.0441. The number of primary amides is 1. The van der Waals surface area contributed by atoms with Gasteiger partial charge in [0.15, 0.2) is 11.4 Å². The van der Waals surface area contributed by atoms with Gasteiger partial charge in [-0.1, -0.05) is 48.0 Å². The number of carbonyl (C=O) groups is 3. The summed E-state index contributed by atoms with van der Waals surface area (Å²) in [4.78, 5) is 40.7. The summed E-state index contributed by atoms with van der Waals surface area (Å²) in [7, 11) is 3.14. The van der Waals surface area contributed by atoms with Gasteiger partial charge in [-0.15, -0.1) is 0 Å². The Bertz CT molecular complexity index is 1530. The van der Waals surface area contributed by atoms with E-state index in [-0.39, 0.29) is 29.7 Å². The number of rotatable bonds is 4. The minimum Gasteiger partial charge on any atom is -0.508 e. The highest BCUT2D eigenvalue weighted by Crippen LogP contribution is 2.53. The predicted octanol–water partition coefficient (Wildman–Crippen LogP) is 2.44. The lowest BCUT2D eigenvalue weighted by Crippen LogP contribution is -2.65. The summed E-state index contributed by atoms with van der Waals surface area (Å²) in [5.74, 6) is -6.65. The summed E-state index contributed by atoms with van der Waals surface area (Å²) in [5.41, 5.74) is 5.18. The molecular weight excluding hydrogens is 500 g/mol. The van der Waals surface area contributed by atoms with E-state index in [4.69, 9.17) is 5.73 Å². The summed E-state index contributed by atoms with van der Waals surface area (Å²) in [6.07, 6.45) is 4.06. The molecule has 6 N–H and O–H groups in total. The molecule has 0 heterocycles. The molecular formula is C30H30N2O7. The molecule has 202 valence electrons. The molecule has 0 aromatic heterocycles. The van der Waals surface area contributed by atoms with E-state index in [0.29, 0.717) is 5.56 Å². The number of hydrogen-bond acceptors (Lipinski definition) is 8. The highest BCUT2D eigenvalue weighted by molar-refractivity contribution is 6.24. The number of fused-ring (bicyclic) bond motifs is 3. The average Bonchev–Trinajstić information content (AvgIpc) is 2.85. The summed E-state index contributed by atoms with van der Waals surface area (Å²) in [6, 6.07) is 9.92. The van der Waals surface area contributed by atoms with Crippen LogP contribution in [0.15, 0.2) is 53.3 Å². The van der Waals surface area contributed by atoms with Gasteiger partial charge in [0.05, 0.1) is 11.6 Å². The normalized spacial score (nSPS) is 26.6. The number of amides is 1. The Morgan fingerprint density at radius 2 is 1.82 bits per heavy atom. The maximum absolute atomic E-state index is 13.9. The van der Waals surface area contributed by atoms with Crippen LogP contribution in [-0.2, 0) is 20.8 Å². The molecule has 1 fully saturated rings. The maximum atomic E-state index is 13.9. The summed E-state index contributed by atoms with van der Waals surface area (Å²) in [6.45, 7) is 1.99. The molecule has 0 unspecified atom stereocenters. The lowest BCUT2D eigenvalue weighted by atomic mass is 9.57. The number of nitrogens with two attached hydrogens (primary N) is 1. The van der Waals surface area contributed by atoms with Gasteiger partial charge < -0.3 is 26.2 Å². The molecule has 1 saturated carbocycles. The van der Waals surface area contributed by atoms with E-state index in [9.17, 15) is 34.8 Å². The quantitative estimate of drug-likeness (QED) is 0.297. The number of benzene rings is 2. The number of hydrogen-bond donors (Lipinski definition) is 5. The molecule has 5 rings (SSSR count). The van der Waals surface area contributed by atoms with E-state index in [1.807, 2.05) is 43.3 Å². The van der Waals surface area contributed by atoms with Gasteiger partial charge in [-0.2, -0.15) is 0 Å². The van der Waals surface area contributed by atoms with Crippen molar-refractivity contribution in [3.05, 3.63) is 81.1 Å². The van der Waals surface area contributed by atoms with Crippen LogP contribution in [0.1, 0.15) is 34.2 Å². The molecule has 0 aliphatic heterocycles. The van der Waals surface area contributed by atoms with Crippen LogP contribution >= 0.6 is 0 Å². The molecule has 3 aliphatic carbocycles. The minimum atomic E-state index is -2.65. The third-order valence-electron chi connectivity index (χ3n) is 8.14. The molecule has 0 saturated heterocycles. The van der Waals surface area contributed by atoms with Crippen molar-refractivity contribution in [2.45, 2.75) is 31.4 Å². The average molecular weight is 531 g/mol. The number of aryl methyl sites for hydroxylation is 1. The lowest BCUT2D eigenvalue weighted by Gasteiger charge is -2.50.